The average Bonchev–Trinajstić information content (AvgIpc) is 2.74. The fourth-order valence-electron chi connectivity index (χ4n) is 3.64. The average molecular weight is 461 g/mol. The minimum absolute atomic E-state index is 0. The Hall–Kier alpha value is -1.14. The van der Waals surface area contributed by atoms with E-state index in [9.17, 15) is 9.59 Å². The van der Waals surface area contributed by atoms with Gasteiger partial charge in [0.25, 0.3) is 0 Å². The van der Waals surface area contributed by atoms with Gasteiger partial charge in [0.15, 0.2) is 5.92 Å². The number of hydrogen-bond acceptors (Lipinski definition) is 4. The monoisotopic (exact) mass is 460 g/mol. The van der Waals surface area contributed by atoms with Crippen LogP contribution in [0.1, 0.15) is 142 Å². The summed E-state index contributed by atoms with van der Waals surface area (Å²) in [4.78, 5) is 21.3. The third-order valence-electron chi connectivity index (χ3n) is 5.75. The maximum absolute atomic E-state index is 10.6. The van der Waals surface area contributed by atoms with Crippen LogP contribution in [0, 0.1) is 5.92 Å². The molecule has 0 bridgehead atoms. The van der Waals surface area contributed by atoms with Crippen molar-refractivity contribution in [2.45, 2.75) is 142 Å². The number of aliphatic carboxylic acids is 2. The number of hydrogen-bond donors (Lipinski definition) is 4. The highest BCUT2D eigenvalue weighted by atomic mass is 16.4. The van der Waals surface area contributed by atoms with Gasteiger partial charge in [-0.15, -0.1) is 0 Å². The minimum Gasteiger partial charge on any atom is -0.481 e. The summed E-state index contributed by atoms with van der Waals surface area (Å²) < 4.78 is 0. The van der Waals surface area contributed by atoms with Crippen LogP contribution in [0.5, 0.6) is 0 Å². The Morgan fingerprint density at radius 2 is 0.844 bits per heavy atom. The van der Waals surface area contributed by atoms with Crippen LogP contribution in [0.2, 0.25) is 0 Å². The molecule has 0 heterocycles. The molecule has 0 aliphatic rings. The van der Waals surface area contributed by atoms with E-state index in [1.54, 1.807) is 0 Å². The fraction of sp³-hybridized carbons (Fsp3) is 0.923. The number of carboxylic acid groups (broad SMARTS) is 2. The first-order valence-corrected chi connectivity index (χ1v) is 13.2. The summed E-state index contributed by atoms with van der Waals surface area (Å²) in [7, 11) is 0. The van der Waals surface area contributed by atoms with Crippen LogP contribution in [0.25, 0.3) is 0 Å². The van der Waals surface area contributed by atoms with Gasteiger partial charge in [0.05, 0.1) is 0 Å². The lowest BCUT2D eigenvalue weighted by atomic mass is 10.00. The van der Waals surface area contributed by atoms with Crippen molar-refractivity contribution in [3.63, 3.8) is 0 Å². The van der Waals surface area contributed by atoms with Gasteiger partial charge in [-0.3, -0.25) is 9.59 Å². The second-order valence-electron chi connectivity index (χ2n) is 8.82. The van der Waals surface area contributed by atoms with E-state index in [2.05, 4.69) is 13.8 Å². The molecule has 0 fully saturated rings. The van der Waals surface area contributed by atoms with Gasteiger partial charge in [-0.05, 0) is 19.4 Å². The molecule has 7 N–H and O–H groups in total. The van der Waals surface area contributed by atoms with Crippen LogP contribution in [-0.4, -0.2) is 28.7 Å². The number of rotatable bonds is 22. The van der Waals surface area contributed by atoms with Crippen molar-refractivity contribution < 1.29 is 19.8 Å². The summed E-state index contributed by atoms with van der Waals surface area (Å²) in [6.45, 7) is 5.34. The van der Waals surface area contributed by atoms with E-state index in [0.29, 0.717) is 6.42 Å². The lowest BCUT2D eigenvalue weighted by Crippen LogP contribution is -2.23. The molecule has 0 aliphatic carbocycles. The lowest BCUT2D eigenvalue weighted by molar-refractivity contribution is -0.154. The molecule has 0 saturated carbocycles. The first-order chi connectivity index (χ1) is 15.0. The van der Waals surface area contributed by atoms with Crippen LogP contribution in [0.3, 0.4) is 0 Å². The zero-order valence-electron chi connectivity index (χ0n) is 21.4. The number of unbranched alkanes of at least 4 members (excludes halogenated alkanes) is 17. The van der Waals surface area contributed by atoms with Crippen molar-refractivity contribution >= 4 is 11.9 Å². The van der Waals surface area contributed by atoms with Gasteiger partial charge >= 0.3 is 11.9 Å². The van der Waals surface area contributed by atoms with E-state index in [-0.39, 0.29) is 12.6 Å². The van der Waals surface area contributed by atoms with Gasteiger partial charge in [0.1, 0.15) is 0 Å². The van der Waals surface area contributed by atoms with Crippen molar-refractivity contribution in [3.8, 4) is 0 Å². The molecule has 0 aromatic carbocycles. The summed E-state index contributed by atoms with van der Waals surface area (Å²) >= 11 is 0. The third-order valence-corrected chi connectivity index (χ3v) is 5.75. The van der Waals surface area contributed by atoms with Crippen molar-refractivity contribution in [3.05, 3.63) is 0 Å². The van der Waals surface area contributed by atoms with Crippen molar-refractivity contribution in [1.82, 2.24) is 6.15 Å². The van der Waals surface area contributed by atoms with Gasteiger partial charge in [-0.1, -0.05) is 129 Å². The van der Waals surface area contributed by atoms with Crippen molar-refractivity contribution in [1.29, 1.82) is 0 Å². The standard InChI is InChI=1S/C14H26O4.C12H27N.H3N/c1-2-3-4-5-6-7-8-9-10-11-12(13(15)16)14(17)18;1-2-3-4-5-6-7-8-9-10-11-12-13;/h12H,2-11H2,1H3,(H,15,16)(H,17,18);2-13H2,1H3;1H3. The second kappa shape index (κ2) is 29.9. The molecular formula is C26H56N2O4. The summed E-state index contributed by atoms with van der Waals surface area (Å²) in [5, 5.41) is 17.4. The highest BCUT2D eigenvalue weighted by Crippen LogP contribution is 2.14. The van der Waals surface area contributed by atoms with Gasteiger partial charge < -0.3 is 22.1 Å². The quantitative estimate of drug-likeness (QED) is 0.0964. The molecule has 0 saturated heterocycles. The third kappa shape index (κ3) is 28.9. The lowest BCUT2D eigenvalue weighted by Gasteiger charge is -2.06. The normalized spacial score (nSPS) is 10.4. The summed E-state index contributed by atoms with van der Waals surface area (Å²) in [5.74, 6) is -3.67. The summed E-state index contributed by atoms with van der Waals surface area (Å²) in [6.07, 6.45) is 24.4. The first-order valence-electron chi connectivity index (χ1n) is 13.2. The molecule has 194 valence electrons. The predicted molar refractivity (Wildman–Crippen MR) is 137 cm³/mol. The largest absolute Gasteiger partial charge is 0.481 e. The Labute approximate surface area is 198 Å². The van der Waals surface area contributed by atoms with E-state index in [4.69, 9.17) is 15.9 Å². The topological polar surface area (TPSA) is 136 Å². The Morgan fingerprint density at radius 1 is 0.562 bits per heavy atom. The molecule has 0 aromatic heterocycles. The molecule has 0 atom stereocenters. The molecular weight excluding hydrogens is 404 g/mol. The molecule has 0 unspecified atom stereocenters. The molecule has 0 amide bonds. The SMILES string of the molecule is CCCCCCCCCCCC(C(=O)O)C(=O)O.CCCCCCCCCCCCN.N. The van der Waals surface area contributed by atoms with E-state index < -0.39 is 17.9 Å². The van der Waals surface area contributed by atoms with Gasteiger partial charge in [-0.2, -0.15) is 0 Å². The molecule has 0 aliphatic heterocycles. The van der Waals surface area contributed by atoms with E-state index in [1.165, 1.54) is 103 Å². The fourth-order valence-corrected chi connectivity index (χ4v) is 3.64. The molecule has 0 aromatic rings. The minimum atomic E-state index is -1.23. The maximum atomic E-state index is 10.6. The first kappa shape index (κ1) is 35.4. The Balaban J connectivity index is -0.000000535. The smallest absolute Gasteiger partial charge is 0.317 e. The predicted octanol–water partition coefficient (Wildman–Crippen LogP) is 7.72. The van der Waals surface area contributed by atoms with Crippen LogP contribution >= 0.6 is 0 Å². The molecule has 0 radical (unpaired) electrons. The molecule has 6 nitrogen and oxygen atoms in total. The highest BCUT2D eigenvalue weighted by molar-refractivity contribution is 5.92. The van der Waals surface area contributed by atoms with E-state index >= 15 is 0 Å². The van der Waals surface area contributed by atoms with Crippen LogP contribution in [0.15, 0.2) is 0 Å². The maximum Gasteiger partial charge on any atom is 0.317 e. The van der Waals surface area contributed by atoms with E-state index in [1.807, 2.05) is 0 Å². The number of carboxylic acids is 2. The Morgan fingerprint density at radius 3 is 1.12 bits per heavy atom. The number of carbonyl (C=O) groups is 2. The zero-order valence-corrected chi connectivity index (χ0v) is 21.4. The second-order valence-corrected chi connectivity index (χ2v) is 8.82. The van der Waals surface area contributed by atoms with Crippen molar-refractivity contribution in [2.24, 2.45) is 11.7 Å². The number of nitrogens with two attached hydrogens (primary N) is 1. The van der Waals surface area contributed by atoms with Crippen LogP contribution < -0.4 is 11.9 Å². The van der Waals surface area contributed by atoms with Gasteiger partial charge in [0, 0.05) is 0 Å². The molecule has 0 rings (SSSR count). The molecule has 6 heteroatoms. The summed E-state index contributed by atoms with van der Waals surface area (Å²) in [6, 6.07) is 0. The van der Waals surface area contributed by atoms with Crippen molar-refractivity contribution in [2.75, 3.05) is 6.54 Å². The van der Waals surface area contributed by atoms with Gasteiger partial charge in [0.2, 0.25) is 0 Å². The Bertz CT molecular complexity index is 368. The van der Waals surface area contributed by atoms with Gasteiger partial charge in [-0.25, -0.2) is 0 Å². The van der Waals surface area contributed by atoms with E-state index in [0.717, 1.165) is 19.4 Å². The molecule has 0 spiro atoms. The van der Waals surface area contributed by atoms with Crippen LogP contribution in [0.4, 0.5) is 0 Å². The Kier molecular flexibility index (Phi) is 33.1. The summed E-state index contributed by atoms with van der Waals surface area (Å²) in [5.41, 5.74) is 5.42. The highest BCUT2D eigenvalue weighted by Gasteiger charge is 2.24. The van der Waals surface area contributed by atoms with Crippen LogP contribution in [-0.2, 0) is 9.59 Å². The zero-order chi connectivity index (χ0) is 23.6. The molecule has 32 heavy (non-hydrogen) atoms.